The number of amides is 1. The highest BCUT2D eigenvalue weighted by Gasteiger charge is 2.17. The van der Waals surface area contributed by atoms with E-state index in [1.165, 1.54) is 24.3 Å². The Hall–Kier alpha value is -4.00. The summed E-state index contributed by atoms with van der Waals surface area (Å²) in [6.45, 7) is 4.17. The number of hydrogen-bond acceptors (Lipinski definition) is 2. The van der Waals surface area contributed by atoms with E-state index in [-0.39, 0.29) is 24.1 Å². The van der Waals surface area contributed by atoms with E-state index >= 15 is 0 Å². The van der Waals surface area contributed by atoms with E-state index in [2.05, 4.69) is 10.3 Å². The molecule has 0 radical (unpaired) electrons. The smallest absolute Gasteiger partial charge is 0.272 e. The maximum Gasteiger partial charge on any atom is 0.272 e. The van der Waals surface area contributed by atoms with Crippen molar-refractivity contribution in [2.24, 2.45) is 0 Å². The van der Waals surface area contributed by atoms with Crippen molar-refractivity contribution in [3.8, 4) is 0 Å². The largest absolute Gasteiger partial charge is 0.332 e. The summed E-state index contributed by atoms with van der Waals surface area (Å²) in [7, 11) is 0. The number of benzene rings is 2. The number of aromatic nitrogens is 3. The van der Waals surface area contributed by atoms with Crippen LogP contribution in [0.15, 0.2) is 66.9 Å². The van der Waals surface area contributed by atoms with Crippen molar-refractivity contribution >= 4 is 28.1 Å². The van der Waals surface area contributed by atoms with Crippen LogP contribution in [0.2, 0.25) is 0 Å². The number of aryl methyl sites for hydroxylation is 2. The number of anilines is 1. The number of nitrogens with one attached hydrogen (secondary N) is 1. The molecule has 1 N–H and O–H groups in total. The lowest BCUT2D eigenvalue weighted by Gasteiger charge is -2.12. The van der Waals surface area contributed by atoms with Gasteiger partial charge in [-0.1, -0.05) is 12.1 Å². The molecule has 0 spiro atoms. The van der Waals surface area contributed by atoms with Gasteiger partial charge in [-0.25, -0.2) is 13.8 Å². The third-order valence-electron chi connectivity index (χ3n) is 5.68. The molecule has 2 aromatic carbocycles. The molecular formula is C25H20F2N4O. The molecule has 0 atom stereocenters. The highest BCUT2D eigenvalue weighted by Crippen LogP contribution is 2.24. The van der Waals surface area contributed by atoms with Gasteiger partial charge in [0.25, 0.3) is 5.91 Å². The van der Waals surface area contributed by atoms with Crippen LogP contribution >= 0.6 is 0 Å². The lowest BCUT2D eigenvalue weighted by Crippen LogP contribution is -2.18. The topological polar surface area (TPSA) is 51.3 Å². The molecule has 5 rings (SSSR count). The van der Waals surface area contributed by atoms with Gasteiger partial charge in [0.15, 0.2) is 0 Å². The van der Waals surface area contributed by atoms with Gasteiger partial charge < -0.3 is 14.3 Å². The van der Waals surface area contributed by atoms with Crippen molar-refractivity contribution < 1.29 is 13.6 Å². The highest BCUT2D eigenvalue weighted by molar-refractivity contribution is 6.06. The van der Waals surface area contributed by atoms with Crippen molar-refractivity contribution in [3.05, 3.63) is 101 Å². The lowest BCUT2D eigenvalue weighted by molar-refractivity contribution is 0.101. The monoisotopic (exact) mass is 430 g/mol. The fourth-order valence-electron chi connectivity index (χ4n) is 3.97. The van der Waals surface area contributed by atoms with Gasteiger partial charge in [-0.3, -0.25) is 4.79 Å². The predicted molar refractivity (Wildman–Crippen MR) is 120 cm³/mol. The van der Waals surface area contributed by atoms with E-state index in [4.69, 9.17) is 0 Å². The summed E-state index contributed by atoms with van der Waals surface area (Å²) >= 11 is 0. The van der Waals surface area contributed by atoms with E-state index in [0.29, 0.717) is 27.8 Å². The van der Waals surface area contributed by atoms with Crippen LogP contribution < -0.4 is 5.32 Å². The van der Waals surface area contributed by atoms with E-state index < -0.39 is 0 Å². The molecule has 160 valence electrons. The number of carbonyl (C=O) groups is 1. The van der Waals surface area contributed by atoms with Gasteiger partial charge in [0.05, 0.1) is 11.4 Å². The van der Waals surface area contributed by atoms with Gasteiger partial charge in [-0.2, -0.15) is 0 Å². The third-order valence-corrected chi connectivity index (χ3v) is 5.68. The van der Waals surface area contributed by atoms with Crippen LogP contribution in [-0.2, 0) is 6.54 Å². The fourth-order valence-corrected chi connectivity index (χ4v) is 3.97. The van der Waals surface area contributed by atoms with Crippen molar-refractivity contribution in [1.82, 2.24) is 14.0 Å². The van der Waals surface area contributed by atoms with Crippen LogP contribution in [0, 0.1) is 25.5 Å². The van der Waals surface area contributed by atoms with Gasteiger partial charge >= 0.3 is 0 Å². The Morgan fingerprint density at radius 1 is 1.00 bits per heavy atom. The minimum absolute atomic E-state index is 0.272. The molecule has 0 saturated carbocycles. The molecule has 3 aromatic heterocycles. The number of halogens is 2. The fraction of sp³-hybridized carbons (Fsp3) is 0.120. The first-order valence-corrected chi connectivity index (χ1v) is 10.2. The summed E-state index contributed by atoms with van der Waals surface area (Å²) in [6.07, 6.45) is 1.82. The van der Waals surface area contributed by atoms with Gasteiger partial charge in [-0.15, -0.1) is 0 Å². The first-order chi connectivity index (χ1) is 15.4. The molecule has 0 bridgehead atoms. The summed E-state index contributed by atoms with van der Waals surface area (Å²) in [5.74, 6) is -1.08. The Labute approximate surface area is 182 Å². The Balaban J connectivity index is 1.55. The van der Waals surface area contributed by atoms with E-state index in [1.54, 1.807) is 34.9 Å². The van der Waals surface area contributed by atoms with Crippen LogP contribution in [0.3, 0.4) is 0 Å². The number of rotatable bonds is 4. The molecule has 0 aliphatic heterocycles. The SMILES string of the molecule is Cc1nc2ccc(NC(=O)c3cc4cc(F)ccc4n3Cc3cccc(F)c3)cn2c1C. The first-order valence-electron chi connectivity index (χ1n) is 10.2. The van der Waals surface area contributed by atoms with E-state index in [9.17, 15) is 13.6 Å². The standard InChI is InChI=1S/C25H20F2N4O/c1-15-16(2)30-14-21(7-9-24(30)28-15)29-25(32)23-12-18-11-20(27)6-8-22(18)31(23)13-17-4-3-5-19(26)10-17/h3-12,14H,13H2,1-2H3,(H,29,32). The summed E-state index contributed by atoms with van der Waals surface area (Å²) in [4.78, 5) is 17.7. The average Bonchev–Trinajstić information content (AvgIpc) is 3.25. The number of nitrogens with zero attached hydrogens (tertiary/aromatic N) is 3. The quantitative estimate of drug-likeness (QED) is 0.410. The second kappa shape index (κ2) is 7.60. The molecule has 0 fully saturated rings. The summed E-state index contributed by atoms with van der Waals surface area (Å²) in [6, 6.07) is 15.9. The minimum atomic E-state index is -0.385. The maximum atomic E-state index is 13.8. The second-order valence-corrected chi connectivity index (χ2v) is 7.83. The molecule has 5 aromatic rings. The second-order valence-electron chi connectivity index (χ2n) is 7.83. The van der Waals surface area contributed by atoms with Crippen molar-refractivity contribution in [3.63, 3.8) is 0 Å². The zero-order valence-corrected chi connectivity index (χ0v) is 17.6. The number of imidazole rings is 1. The number of pyridine rings is 1. The summed E-state index contributed by atoms with van der Waals surface area (Å²) < 4.78 is 31.2. The van der Waals surface area contributed by atoms with E-state index in [1.807, 2.05) is 30.5 Å². The molecule has 0 saturated heterocycles. The molecule has 1 amide bonds. The normalized spacial score (nSPS) is 11.4. The predicted octanol–water partition coefficient (Wildman–Crippen LogP) is 5.48. The van der Waals surface area contributed by atoms with Crippen LogP contribution in [0.1, 0.15) is 27.4 Å². The van der Waals surface area contributed by atoms with Crippen molar-refractivity contribution in [1.29, 1.82) is 0 Å². The van der Waals surface area contributed by atoms with Crippen molar-refractivity contribution in [2.45, 2.75) is 20.4 Å². The van der Waals surface area contributed by atoms with Crippen LogP contribution in [-0.4, -0.2) is 19.9 Å². The number of hydrogen-bond donors (Lipinski definition) is 1. The van der Waals surface area contributed by atoms with Crippen LogP contribution in [0.4, 0.5) is 14.5 Å². The van der Waals surface area contributed by atoms with Gasteiger partial charge in [0.2, 0.25) is 0 Å². The Bertz CT molecular complexity index is 1500. The van der Waals surface area contributed by atoms with Gasteiger partial charge in [0.1, 0.15) is 23.0 Å². The van der Waals surface area contributed by atoms with E-state index in [0.717, 1.165) is 17.0 Å². The molecule has 3 heterocycles. The summed E-state index contributed by atoms with van der Waals surface area (Å²) in [5, 5.41) is 3.52. The molecule has 5 nitrogen and oxygen atoms in total. The molecular weight excluding hydrogens is 410 g/mol. The molecule has 0 aliphatic rings. The zero-order chi connectivity index (χ0) is 22.4. The first kappa shape index (κ1) is 19.9. The van der Waals surface area contributed by atoms with Crippen LogP contribution in [0.25, 0.3) is 16.6 Å². The molecule has 0 unspecified atom stereocenters. The molecule has 0 aliphatic carbocycles. The molecule has 7 heteroatoms. The number of carbonyl (C=O) groups excluding carboxylic acids is 1. The Morgan fingerprint density at radius 2 is 1.81 bits per heavy atom. The Morgan fingerprint density at radius 3 is 2.62 bits per heavy atom. The van der Waals surface area contributed by atoms with Gasteiger partial charge in [-0.05, 0) is 67.9 Å². The lowest BCUT2D eigenvalue weighted by atomic mass is 10.2. The highest BCUT2D eigenvalue weighted by atomic mass is 19.1. The molecule has 32 heavy (non-hydrogen) atoms. The number of fused-ring (bicyclic) bond motifs is 2. The van der Waals surface area contributed by atoms with Gasteiger partial charge in [0, 0.05) is 29.3 Å². The minimum Gasteiger partial charge on any atom is -0.332 e. The Kier molecular flexibility index (Phi) is 4.74. The summed E-state index contributed by atoms with van der Waals surface area (Å²) in [5.41, 5.74) is 5.07. The van der Waals surface area contributed by atoms with Crippen molar-refractivity contribution in [2.75, 3.05) is 5.32 Å². The third kappa shape index (κ3) is 3.51. The maximum absolute atomic E-state index is 13.8. The zero-order valence-electron chi connectivity index (χ0n) is 17.6. The average molecular weight is 430 g/mol. The van der Waals surface area contributed by atoms with Crippen LogP contribution in [0.5, 0.6) is 0 Å².